The zero-order chi connectivity index (χ0) is 26.4. The number of benzene rings is 1. The molecule has 2 aliphatic rings. The number of hydrogen-bond acceptors (Lipinski definition) is 7. The van der Waals surface area contributed by atoms with Crippen LogP contribution in [-0.4, -0.2) is 53.1 Å². The van der Waals surface area contributed by atoms with Crippen LogP contribution in [0.1, 0.15) is 46.1 Å². The Morgan fingerprint density at radius 1 is 1.31 bits per heavy atom. The number of amides is 1. The van der Waals surface area contributed by atoms with Gasteiger partial charge in [-0.2, -0.15) is 4.98 Å². The molecule has 36 heavy (non-hydrogen) atoms. The summed E-state index contributed by atoms with van der Waals surface area (Å²) in [5, 5.41) is 3.63. The van der Waals surface area contributed by atoms with Crippen LogP contribution < -0.4 is 21.5 Å². The number of carbonyl (C=O) groups excluding carboxylic acids is 1. The van der Waals surface area contributed by atoms with Crippen molar-refractivity contribution in [1.29, 1.82) is 0 Å². The van der Waals surface area contributed by atoms with Gasteiger partial charge in [-0.3, -0.25) is 9.36 Å². The Labute approximate surface area is 216 Å². The van der Waals surface area contributed by atoms with E-state index in [4.69, 9.17) is 26.8 Å². The van der Waals surface area contributed by atoms with Gasteiger partial charge < -0.3 is 25.4 Å². The van der Waals surface area contributed by atoms with Gasteiger partial charge in [0.2, 0.25) is 5.95 Å². The molecule has 2 saturated heterocycles. The molecular formula is C26H36ClN5O4. The van der Waals surface area contributed by atoms with Crippen molar-refractivity contribution in [1.82, 2.24) is 14.9 Å². The van der Waals surface area contributed by atoms with Gasteiger partial charge in [0.25, 0.3) is 5.56 Å². The number of piperidine rings is 1. The molecule has 0 bridgehead atoms. The summed E-state index contributed by atoms with van der Waals surface area (Å²) in [6.07, 6.45) is 0.976. The lowest BCUT2D eigenvalue weighted by Crippen LogP contribution is -2.55. The van der Waals surface area contributed by atoms with Crippen molar-refractivity contribution in [3.63, 3.8) is 0 Å². The van der Waals surface area contributed by atoms with Crippen molar-refractivity contribution in [3.8, 4) is 11.1 Å². The van der Waals surface area contributed by atoms with Crippen LogP contribution in [0.3, 0.4) is 0 Å². The van der Waals surface area contributed by atoms with Gasteiger partial charge in [-0.25, -0.2) is 4.79 Å². The average Bonchev–Trinajstić information content (AvgIpc) is 3.08. The lowest BCUT2D eigenvalue weighted by molar-refractivity contribution is 0.0434. The van der Waals surface area contributed by atoms with Gasteiger partial charge in [0.1, 0.15) is 11.4 Å². The average molecular weight is 518 g/mol. The maximum atomic E-state index is 13.3. The fourth-order valence-corrected chi connectivity index (χ4v) is 5.38. The standard InChI is InChI=1S/C26H36ClN5O4/c1-15-7-8-17(13-18(15)27)19-21(28)30-23(31(6)22(19)33)32-11-9-26(10-12-32)14-35-16(2)20(26)29-24(34)36-25(3,4)5/h7-8,13,16,20H,9-12,14,28H2,1-6H3,(H,29,34)/t16-,20+/m0/s1. The highest BCUT2D eigenvalue weighted by Crippen LogP contribution is 2.43. The number of carbonyl (C=O) groups is 1. The molecule has 0 aliphatic carbocycles. The summed E-state index contributed by atoms with van der Waals surface area (Å²) in [7, 11) is 1.71. The van der Waals surface area contributed by atoms with Crippen LogP contribution >= 0.6 is 11.6 Å². The minimum atomic E-state index is -0.574. The number of aromatic nitrogens is 2. The number of ether oxygens (including phenoxy) is 2. The van der Waals surface area contributed by atoms with E-state index in [0.717, 1.165) is 18.4 Å². The number of alkyl carbamates (subject to hydrolysis) is 1. The Balaban J connectivity index is 1.54. The van der Waals surface area contributed by atoms with Gasteiger partial charge in [-0.1, -0.05) is 23.7 Å². The second-order valence-electron chi connectivity index (χ2n) is 11.0. The summed E-state index contributed by atoms with van der Waals surface area (Å²) >= 11 is 6.28. The van der Waals surface area contributed by atoms with Crippen molar-refractivity contribution in [3.05, 3.63) is 39.1 Å². The van der Waals surface area contributed by atoms with E-state index in [1.54, 1.807) is 17.7 Å². The van der Waals surface area contributed by atoms with Crippen LogP contribution in [0.25, 0.3) is 11.1 Å². The van der Waals surface area contributed by atoms with E-state index >= 15 is 0 Å². The third-order valence-electron chi connectivity index (χ3n) is 7.23. The maximum absolute atomic E-state index is 13.3. The maximum Gasteiger partial charge on any atom is 0.407 e. The Bertz CT molecular complexity index is 1210. The SMILES string of the molecule is Cc1ccc(-c2c(N)nc(N3CCC4(CC3)CO[C@@H](C)[C@H]4NC(=O)OC(C)(C)C)n(C)c2=O)cc1Cl. The van der Waals surface area contributed by atoms with Gasteiger partial charge in [-0.15, -0.1) is 0 Å². The molecule has 2 aromatic rings. The molecule has 2 atom stereocenters. The molecule has 2 aliphatic heterocycles. The zero-order valence-corrected chi connectivity index (χ0v) is 22.6. The summed E-state index contributed by atoms with van der Waals surface area (Å²) in [5.74, 6) is 0.702. The summed E-state index contributed by atoms with van der Waals surface area (Å²) < 4.78 is 13.0. The van der Waals surface area contributed by atoms with Crippen LogP contribution in [0.15, 0.2) is 23.0 Å². The number of aryl methyl sites for hydroxylation is 1. The highest BCUT2D eigenvalue weighted by Gasteiger charge is 2.50. The number of nitrogen functional groups attached to an aromatic ring is 1. The summed E-state index contributed by atoms with van der Waals surface area (Å²) in [5.41, 5.74) is 7.21. The lowest BCUT2D eigenvalue weighted by atomic mass is 9.73. The quantitative estimate of drug-likeness (QED) is 0.635. The first-order valence-corrected chi connectivity index (χ1v) is 12.7. The topological polar surface area (TPSA) is 112 Å². The molecule has 9 nitrogen and oxygen atoms in total. The minimum absolute atomic E-state index is 0.122. The summed E-state index contributed by atoms with van der Waals surface area (Å²) in [4.78, 5) is 32.5. The van der Waals surface area contributed by atoms with Crippen LogP contribution in [-0.2, 0) is 16.5 Å². The summed E-state index contributed by atoms with van der Waals surface area (Å²) in [6, 6.07) is 5.28. The molecule has 1 spiro atoms. The second kappa shape index (κ2) is 9.59. The van der Waals surface area contributed by atoms with Gasteiger partial charge in [0, 0.05) is 30.6 Å². The largest absolute Gasteiger partial charge is 0.444 e. The predicted octanol–water partition coefficient (Wildman–Crippen LogP) is 3.89. The van der Waals surface area contributed by atoms with E-state index < -0.39 is 11.7 Å². The van der Waals surface area contributed by atoms with E-state index in [2.05, 4.69) is 15.2 Å². The molecule has 0 saturated carbocycles. The van der Waals surface area contributed by atoms with E-state index in [0.29, 0.717) is 41.8 Å². The third-order valence-corrected chi connectivity index (χ3v) is 7.64. The fraction of sp³-hybridized carbons (Fsp3) is 0.577. The number of hydrogen-bond donors (Lipinski definition) is 2. The van der Waals surface area contributed by atoms with Crippen molar-refractivity contribution in [2.75, 3.05) is 30.3 Å². The molecule has 1 aromatic carbocycles. The van der Waals surface area contributed by atoms with Crippen LogP contribution in [0, 0.1) is 12.3 Å². The third kappa shape index (κ3) is 5.04. The van der Waals surface area contributed by atoms with Gasteiger partial charge in [-0.05, 0) is 64.7 Å². The van der Waals surface area contributed by atoms with Crippen molar-refractivity contribution in [2.45, 2.75) is 65.2 Å². The molecule has 4 rings (SSSR count). The lowest BCUT2D eigenvalue weighted by Gasteiger charge is -2.43. The number of nitrogens with one attached hydrogen (secondary N) is 1. The van der Waals surface area contributed by atoms with Crippen LogP contribution in [0.2, 0.25) is 5.02 Å². The summed E-state index contributed by atoms with van der Waals surface area (Å²) in [6.45, 7) is 11.3. The van der Waals surface area contributed by atoms with Crippen molar-refractivity contribution < 1.29 is 14.3 Å². The zero-order valence-electron chi connectivity index (χ0n) is 21.9. The molecular weight excluding hydrogens is 482 g/mol. The van der Waals surface area contributed by atoms with Crippen molar-refractivity contribution in [2.24, 2.45) is 12.5 Å². The Kier molecular flexibility index (Phi) is 7.00. The number of halogens is 1. The highest BCUT2D eigenvalue weighted by atomic mass is 35.5. The van der Waals surface area contributed by atoms with E-state index in [-0.39, 0.29) is 28.9 Å². The molecule has 1 amide bonds. The minimum Gasteiger partial charge on any atom is -0.444 e. The first-order valence-electron chi connectivity index (χ1n) is 12.3. The second-order valence-corrected chi connectivity index (χ2v) is 11.4. The van der Waals surface area contributed by atoms with Crippen LogP contribution in [0.4, 0.5) is 16.6 Å². The molecule has 3 heterocycles. The van der Waals surface area contributed by atoms with Gasteiger partial charge >= 0.3 is 6.09 Å². The van der Waals surface area contributed by atoms with Gasteiger partial charge in [0.05, 0.1) is 24.3 Å². The highest BCUT2D eigenvalue weighted by molar-refractivity contribution is 6.31. The Morgan fingerprint density at radius 2 is 1.97 bits per heavy atom. The molecule has 1 aromatic heterocycles. The first-order chi connectivity index (χ1) is 16.8. The van der Waals surface area contributed by atoms with E-state index in [1.807, 2.05) is 46.8 Å². The molecule has 0 radical (unpaired) electrons. The smallest absolute Gasteiger partial charge is 0.407 e. The molecule has 2 fully saturated rings. The van der Waals surface area contributed by atoms with Crippen LogP contribution in [0.5, 0.6) is 0 Å². The Morgan fingerprint density at radius 3 is 2.58 bits per heavy atom. The molecule has 196 valence electrons. The fourth-order valence-electron chi connectivity index (χ4n) is 5.20. The number of nitrogens with two attached hydrogens (primary N) is 1. The monoisotopic (exact) mass is 517 g/mol. The molecule has 10 heteroatoms. The molecule has 0 unspecified atom stereocenters. The number of nitrogens with zero attached hydrogens (tertiary/aromatic N) is 3. The normalized spacial score (nSPS) is 21.6. The van der Waals surface area contributed by atoms with Gasteiger partial charge in [0.15, 0.2) is 0 Å². The number of rotatable bonds is 3. The van der Waals surface area contributed by atoms with E-state index in [1.165, 1.54) is 0 Å². The van der Waals surface area contributed by atoms with E-state index in [9.17, 15) is 9.59 Å². The predicted molar refractivity (Wildman–Crippen MR) is 142 cm³/mol. The number of anilines is 2. The first kappa shape index (κ1) is 26.3. The molecule has 3 N–H and O–H groups in total. The van der Waals surface area contributed by atoms with Crippen molar-refractivity contribution >= 4 is 29.5 Å². The Hall–Kier alpha value is -2.78.